The van der Waals surface area contributed by atoms with Crippen LogP contribution in [-0.2, 0) is 4.74 Å². The van der Waals surface area contributed by atoms with E-state index in [1.165, 1.54) is 32.2 Å². The number of likely N-dealkylation sites (tertiary alicyclic amines) is 1. The molecule has 1 heterocycles. The van der Waals surface area contributed by atoms with E-state index in [0.717, 1.165) is 12.0 Å². The molecule has 3 atom stereocenters. The first-order valence-corrected chi connectivity index (χ1v) is 5.04. The van der Waals surface area contributed by atoms with E-state index in [-0.39, 0.29) is 0 Å². The summed E-state index contributed by atoms with van der Waals surface area (Å²) in [6, 6.07) is 0.823. The Hall–Kier alpha value is -0.0800. The molecule has 1 saturated heterocycles. The van der Waals surface area contributed by atoms with Crippen molar-refractivity contribution in [2.45, 2.75) is 37.8 Å². The first kappa shape index (κ1) is 8.52. The molecule has 0 radical (unpaired) electrons. The van der Waals surface area contributed by atoms with Gasteiger partial charge in [-0.25, -0.2) is 0 Å². The molecule has 1 unspecified atom stereocenters. The van der Waals surface area contributed by atoms with Crippen molar-refractivity contribution >= 4 is 0 Å². The zero-order chi connectivity index (χ0) is 8.55. The molecule has 0 N–H and O–H groups in total. The van der Waals surface area contributed by atoms with Crippen molar-refractivity contribution in [3.8, 4) is 0 Å². The molecule has 2 nitrogen and oxygen atoms in total. The highest BCUT2D eigenvalue weighted by Gasteiger charge is 2.38. The highest BCUT2D eigenvalue weighted by Crippen LogP contribution is 2.37. The lowest BCUT2D eigenvalue weighted by atomic mass is 9.93. The SMILES string of the molecule is COC1C[C@@H]2CCCN(C)[C@@H]2C1. The van der Waals surface area contributed by atoms with Crippen molar-refractivity contribution in [1.29, 1.82) is 0 Å². The van der Waals surface area contributed by atoms with Crippen LogP contribution in [0.2, 0.25) is 0 Å². The van der Waals surface area contributed by atoms with Crippen LogP contribution in [0.25, 0.3) is 0 Å². The van der Waals surface area contributed by atoms with Crippen LogP contribution in [-0.4, -0.2) is 37.7 Å². The van der Waals surface area contributed by atoms with Gasteiger partial charge in [-0.3, -0.25) is 0 Å². The summed E-state index contributed by atoms with van der Waals surface area (Å²) in [5.74, 6) is 0.925. The molecule has 0 aromatic heterocycles. The Morgan fingerprint density at radius 3 is 2.83 bits per heavy atom. The summed E-state index contributed by atoms with van der Waals surface area (Å²) in [7, 11) is 4.11. The van der Waals surface area contributed by atoms with E-state index in [1.54, 1.807) is 0 Å². The van der Waals surface area contributed by atoms with Gasteiger partial charge in [0.05, 0.1) is 6.10 Å². The van der Waals surface area contributed by atoms with E-state index in [0.29, 0.717) is 6.10 Å². The van der Waals surface area contributed by atoms with Crippen molar-refractivity contribution in [3.63, 3.8) is 0 Å². The number of methoxy groups -OCH3 is 1. The van der Waals surface area contributed by atoms with Crippen molar-refractivity contribution in [3.05, 3.63) is 0 Å². The number of nitrogens with zero attached hydrogens (tertiary/aromatic N) is 1. The third-order valence-electron chi connectivity index (χ3n) is 3.60. The Bertz CT molecular complexity index is 160. The predicted molar refractivity (Wildman–Crippen MR) is 49.2 cm³/mol. The molecule has 2 aliphatic rings. The summed E-state index contributed by atoms with van der Waals surface area (Å²) >= 11 is 0. The van der Waals surface area contributed by atoms with E-state index in [1.807, 2.05) is 7.11 Å². The molecule has 0 bridgehead atoms. The van der Waals surface area contributed by atoms with Gasteiger partial charge >= 0.3 is 0 Å². The zero-order valence-electron chi connectivity index (χ0n) is 8.12. The number of hydrogen-bond acceptors (Lipinski definition) is 2. The molecule has 0 spiro atoms. The molecule has 12 heavy (non-hydrogen) atoms. The van der Waals surface area contributed by atoms with Crippen molar-refractivity contribution in [1.82, 2.24) is 4.90 Å². The van der Waals surface area contributed by atoms with E-state index in [2.05, 4.69) is 11.9 Å². The average Bonchev–Trinajstić information content (AvgIpc) is 2.49. The number of piperidine rings is 1. The molecule has 2 heteroatoms. The highest BCUT2D eigenvalue weighted by atomic mass is 16.5. The molecule has 0 aromatic rings. The van der Waals surface area contributed by atoms with Gasteiger partial charge in [-0.1, -0.05) is 0 Å². The largest absolute Gasteiger partial charge is 0.381 e. The lowest BCUT2D eigenvalue weighted by Gasteiger charge is -2.34. The summed E-state index contributed by atoms with van der Waals surface area (Å²) < 4.78 is 5.42. The van der Waals surface area contributed by atoms with Gasteiger partial charge in [-0.15, -0.1) is 0 Å². The van der Waals surface area contributed by atoms with Crippen molar-refractivity contribution < 1.29 is 4.74 Å². The first-order valence-electron chi connectivity index (χ1n) is 5.04. The number of fused-ring (bicyclic) bond motifs is 1. The number of ether oxygens (including phenoxy) is 1. The number of hydrogen-bond donors (Lipinski definition) is 0. The van der Waals surface area contributed by atoms with Crippen molar-refractivity contribution in [2.75, 3.05) is 20.7 Å². The monoisotopic (exact) mass is 169 g/mol. The van der Waals surface area contributed by atoms with E-state index in [9.17, 15) is 0 Å². The van der Waals surface area contributed by atoms with Gasteiger partial charge in [0.25, 0.3) is 0 Å². The molecular formula is C10H19NO. The third kappa shape index (κ3) is 1.38. The maximum Gasteiger partial charge on any atom is 0.0589 e. The second kappa shape index (κ2) is 3.35. The maximum atomic E-state index is 5.42. The van der Waals surface area contributed by atoms with Crippen LogP contribution < -0.4 is 0 Å². The minimum absolute atomic E-state index is 0.542. The van der Waals surface area contributed by atoms with Gasteiger partial charge < -0.3 is 9.64 Å². The smallest absolute Gasteiger partial charge is 0.0589 e. The standard InChI is InChI=1S/C10H19NO/c1-11-5-3-4-8-6-9(12-2)7-10(8)11/h8-10H,3-7H2,1-2H3/t8-,9?,10+/m0/s1. The van der Waals surface area contributed by atoms with Crippen LogP contribution in [0.1, 0.15) is 25.7 Å². The Kier molecular flexibility index (Phi) is 2.37. The average molecular weight is 169 g/mol. The summed E-state index contributed by atoms with van der Waals surface area (Å²) in [6.45, 7) is 1.29. The van der Waals surface area contributed by atoms with E-state index in [4.69, 9.17) is 4.74 Å². The molecule has 1 aliphatic heterocycles. The van der Waals surface area contributed by atoms with Gasteiger partial charge in [0.15, 0.2) is 0 Å². The fourth-order valence-corrected chi connectivity index (χ4v) is 2.86. The Balaban J connectivity index is 1.99. The van der Waals surface area contributed by atoms with Crippen molar-refractivity contribution in [2.24, 2.45) is 5.92 Å². The fourth-order valence-electron chi connectivity index (χ4n) is 2.86. The minimum atomic E-state index is 0.542. The van der Waals surface area contributed by atoms with Crippen LogP contribution >= 0.6 is 0 Å². The Morgan fingerprint density at radius 2 is 2.17 bits per heavy atom. The first-order chi connectivity index (χ1) is 5.81. The van der Waals surface area contributed by atoms with Gasteiger partial charge in [-0.05, 0) is 45.2 Å². The van der Waals surface area contributed by atoms with E-state index >= 15 is 0 Å². The highest BCUT2D eigenvalue weighted by molar-refractivity contribution is 4.92. The summed E-state index contributed by atoms with van der Waals surface area (Å²) in [5.41, 5.74) is 0. The molecule has 1 saturated carbocycles. The third-order valence-corrected chi connectivity index (χ3v) is 3.60. The van der Waals surface area contributed by atoms with Crippen LogP contribution in [0.5, 0.6) is 0 Å². The Labute approximate surface area is 74.9 Å². The van der Waals surface area contributed by atoms with Crippen LogP contribution in [0.3, 0.4) is 0 Å². The lowest BCUT2D eigenvalue weighted by Crippen LogP contribution is -2.39. The van der Waals surface area contributed by atoms with E-state index < -0.39 is 0 Å². The second-order valence-corrected chi connectivity index (χ2v) is 4.28. The molecule has 2 fully saturated rings. The molecular weight excluding hydrogens is 150 g/mol. The molecule has 0 aromatic carbocycles. The minimum Gasteiger partial charge on any atom is -0.381 e. The van der Waals surface area contributed by atoms with Gasteiger partial charge in [0.1, 0.15) is 0 Å². The van der Waals surface area contributed by atoms with Crippen LogP contribution in [0.4, 0.5) is 0 Å². The zero-order valence-corrected chi connectivity index (χ0v) is 8.12. The summed E-state index contributed by atoms with van der Waals surface area (Å²) in [6.07, 6.45) is 5.91. The van der Waals surface area contributed by atoms with Gasteiger partial charge in [0, 0.05) is 13.2 Å². The predicted octanol–water partition coefficient (Wildman–Crippen LogP) is 1.51. The summed E-state index contributed by atoms with van der Waals surface area (Å²) in [4.78, 5) is 2.52. The van der Waals surface area contributed by atoms with Gasteiger partial charge in [0.2, 0.25) is 0 Å². The van der Waals surface area contributed by atoms with Crippen LogP contribution in [0, 0.1) is 5.92 Å². The molecule has 1 aliphatic carbocycles. The molecule has 2 rings (SSSR count). The molecule has 70 valence electrons. The van der Waals surface area contributed by atoms with Crippen LogP contribution in [0.15, 0.2) is 0 Å². The second-order valence-electron chi connectivity index (χ2n) is 4.28. The van der Waals surface area contributed by atoms with Gasteiger partial charge in [-0.2, -0.15) is 0 Å². The summed E-state index contributed by atoms with van der Waals surface area (Å²) in [5, 5.41) is 0. The topological polar surface area (TPSA) is 12.5 Å². The Morgan fingerprint density at radius 1 is 1.33 bits per heavy atom. The fraction of sp³-hybridized carbons (Fsp3) is 1.00. The quantitative estimate of drug-likeness (QED) is 0.590. The molecule has 0 amide bonds. The lowest BCUT2D eigenvalue weighted by molar-refractivity contribution is 0.100. The number of rotatable bonds is 1. The maximum absolute atomic E-state index is 5.42. The normalized spacial score (nSPS) is 43.0.